The molecule has 23 heavy (non-hydrogen) atoms. The molecule has 0 bridgehead atoms. The van der Waals surface area contributed by atoms with E-state index in [1.807, 2.05) is 30.3 Å². The summed E-state index contributed by atoms with van der Waals surface area (Å²) in [4.78, 5) is 18.7. The molecule has 0 spiro atoms. The Morgan fingerprint density at radius 2 is 2.13 bits per heavy atom. The van der Waals surface area contributed by atoms with Gasteiger partial charge in [-0.3, -0.25) is 4.79 Å². The van der Waals surface area contributed by atoms with Crippen LogP contribution in [0.5, 0.6) is 5.75 Å². The SMILES string of the molecule is O=C(Cc1ccc(Cl)s1)Nc1nc2c(s1)COc1ccccc1-2. The molecule has 4 nitrogen and oxygen atoms in total. The second kappa shape index (κ2) is 5.96. The van der Waals surface area contributed by atoms with Gasteiger partial charge in [-0.05, 0) is 24.3 Å². The molecule has 0 aliphatic carbocycles. The predicted molar refractivity (Wildman–Crippen MR) is 93.5 cm³/mol. The van der Waals surface area contributed by atoms with Crippen LogP contribution in [-0.2, 0) is 17.8 Å². The summed E-state index contributed by atoms with van der Waals surface area (Å²) in [5.74, 6) is 0.736. The Kier molecular flexibility index (Phi) is 3.80. The highest BCUT2D eigenvalue weighted by atomic mass is 35.5. The van der Waals surface area contributed by atoms with E-state index in [0.717, 1.165) is 26.8 Å². The van der Waals surface area contributed by atoms with Crippen LogP contribution in [0.1, 0.15) is 9.75 Å². The Labute approximate surface area is 145 Å². The largest absolute Gasteiger partial charge is 0.487 e. The fourth-order valence-electron chi connectivity index (χ4n) is 2.41. The molecule has 0 unspecified atom stereocenters. The number of thiophene rings is 1. The fourth-order valence-corrected chi connectivity index (χ4v) is 4.40. The van der Waals surface area contributed by atoms with E-state index in [1.54, 1.807) is 6.07 Å². The van der Waals surface area contributed by atoms with Crippen LogP contribution in [0.25, 0.3) is 11.3 Å². The molecule has 1 N–H and O–H groups in total. The minimum atomic E-state index is -0.0937. The number of hydrogen-bond donors (Lipinski definition) is 1. The number of fused-ring (bicyclic) bond motifs is 3. The summed E-state index contributed by atoms with van der Waals surface area (Å²) in [7, 11) is 0. The summed E-state index contributed by atoms with van der Waals surface area (Å²) in [5, 5.41) is 3.46. The van der Waals surface area contributed by atoms with Crippen molar-refractivity contribution in [1.82, 2.24) is 4.98 Å². The Balaban J connectivity index is 1.53. The number of thiazole rings is 1. The van der Waals surface area contributed by atoms with Crippen LogP contribution in [0.4, 0.5) is 5.13 Å². The van der Waals surface area contributed by atoms with Crippen molar-refractivity contribution in [2.24, 2.45) is 0 Å². The van der Waals surface area contributed by atoms with Gasteiger partial charge in [0.25, 0.3) is 0 Å². The molecule has 1 aliphatic heterocycles. The van der Waals surface area contributed by atoms with Gasteiger partial charge in [-0.25, -0.2) is 4.98 Å². The minimum Gasteiger partial charge on any atom is -0.487 e. The van der Waals surface area contributed by atoms with Gasteiger partial charge in [-0.15, -0.1) is 11.3 Å². The average molecular weight is 363 g/mol. The maximum atomic E-state index is 12.1. The number of rotatable bonds is 3. The lowest BCUT2D eigenvalue weighted by Gasteiger charge is -2.15. The zero-order valence-corrected chi connectivity index (χ0v) is 14.2. The second-order valence-corrected chi connectivity index (χ2v) is 7.89. The standard InChI is InChI=1S/C16H11ClN2O2S2/c17-13-6-5-9(22-13)7-14(20)18-16-19-15-10-3-1-2-4-11(10)21-8-12(15)23-16/h1-6H,7-8H2,(H,18,19,20). The van der Waals surface area contributed by atoms with Crippen molar-refractivity contribution >= 4 is 45.3 Å². The van der Waals surface area contributed by atoms with E-state index >= 15 is 0 Å². The molecule has 1 aromatic carbocycles. The summed E-state index contributed by atoms with van der Waals surface area (Å²) in [6.45, 7) is 0.487. The molecule has 1 amide bonds. The normalized spacial score (nSPS) is 12.2. The molecular weight excluding hydrogens is 352 g/mol. The van der Waals surface area contributed by atoms with Gasteiger partial charge in [0.15, 0.2) is 5.13 Å². The van der Waals surface area contributed by atoms with Crippen molar-refractivity contribution in [3.05, 3.63) is 50.5 Å². The summed E-state index contributed by atoms with van der Waals surface area (Å²) >= 11 is 8.75. The van der Waals surface area contributed by atoms with Crippen molar-refractivity contribution in [1.29, 1.82) is 0 Å². The number of benzene rings is 1. The van der Waals surface area contributed by atoms with Gasteiger partial charge in [-0.1, -0.05) is 35.1 Å². The molecule has 0 atom stereocenters. The highest BCUT2D eigenvalue weighted by Gasteiger charge is 2.22. The van der Waals surface area contributed by atoms with Gasteiger partial charge in [0, 0.05) is 10.4 Å². The van der Waals surface area contributed by atoms with Crippen LogP contribution in [-0.4, -0.2) is 10.9 Å². The number of halogens is 1. The van der Waals surface area contributed by atoms with E-state index < -0.39 is 0 Å². The molecule has 0 saturated carbocycles. The third-order valence-electron chi connectivity index (χ3n) is 3.41. The van der Waals surface area contributed by atoms with E-state index in [4.69, 9.17) is 16.3 Å². The lowest BCUT2D eigenvalue weighted by molar-refractivity contribution is -0.115. The van der Waals surface area contributed by atoms with Crippen LogP contribution in [0.3, 0.4) is 0 Å². The third-order valence-corrected chi connectivity index (χ3v) is 5.58. The Bertz CT molecular complexity index is 888. The molecule has 1 aliphatic rings. The summed E-state index contributed by atoms with van der Waals surface area (Å²) < 4.78 is 6.40. The molecule has 7 heteroatoms. The van der Waals surface area contributed by atoms with Gasteiger partial charge in [-0.2, -0.15) is 0 Å². The number of nitrogens with zero attached hydrogens (tertiary/aromatic N) is 1. The average Bonchev–Trinajstić information content (AvgIpc) is 3.13. The zero-order valence-electron chi connectivity index (χ0n) is 11.8. The Morgan fingerprint density at radius 1 is 1.26 bits per heavy atom. The topological polar surface area (TPSA) is 51.2 Å². The summed E-state index contributed by atoms with van der Waals surface area (Å²) in [5.41, 5.74) is 1.86. The van der Waals surface area contributed by atoms with Crippen LogP contribution in [0, 0.1) is 0 Å². The highest BCUT2D eigenvalue weighted by Crippen LogP contribution is 2.40. The minimum absolute atomic E-state index is 0.0937. The molecule has 4 rings (SSSR count). The first kappa shape index (κ1) is 14.7. The maximum absolute atomic E-state index is 12.1. The third kappa shape index (κ3) is 2.97. The first-order chi connectivity index (χ1) is 11.2. The van der Waals surface area contributed by atoms with E-state index in [1.165, 1.54) is 22.7 Å². The predicted octanol–water partition coefficient (Wildman–Crippen LogP) is 4.60. The van der Waals surface area contributed by atoms with Crippen molar-refractivity contribution < 1.29 is 9.53 Å². The molecule has 2 aromatic heterocycles. The smallest absolute Gasteiger partial charge is 0.231 e. The maximum Gasteiger partial charge on any atom is 0.231 e. The molecule has 0 fully saturated rings. The quantitative estimate of drug-likeness (QED) is 0.740. The van der Waals surface area contributed by atoms with Crippen molar-refractivity contribution in [3.63, 3.8) is 0 Å². The van der Waals surface area contributed by atoms with E-state index in [9.17, 15) is 4.79 Å². The van der Waals surface area contributed by atoms with Crippen LogP contribution >= 0.6 is 34.3 Å². The molecule has 3 aromatic rings. The van der Waals surface area contributed by atoms with Gasteiger partial charge < -0.3 is 10.1 Å². The number of aromatic nitrogens is 1. The number of nitrogens with one attached hydrogen (secondary N) is 1. The second-order valence-electron chi connectivity index (χ2n) is 5.01. The number of para-hydroxylation sites is 1. The zero-order chi connectivity index (χ0) is 15.8. The fraction of sp³-hybridized carbons (Fsp3) is 0.125. The van der Waals surface area contributed by atoms with E-state index in [2.05, 4.69) is 10.3 Å². The van der Waals surface area contributed by atoms with Crippen LogP contribution in [0.15, 0.2) is 36.4 Å². The van der Waals surface area contributed by atoms with Crippen LogP contribution < -0.4 is 10.1 Å². The number of carbonyl (C=O) groups is 1. The molecule has 0 radical (unpaired) electrons. The van der Waals surface area contributed by atoms with E-state index in [0.29, 0.717) is 22.5 Å². The van der Waals surface area contributed by atoms with Gasteiger partial charge >= 0.3 is 0 Å². The van der Waals surface area contributed by atoms with Crippen molar-refractivity contribution in [2.45, 2.75) is 13.0 Å². The first-order valence-corrected chi connectivity index (χ1v) is 8.96. The van der Waals surface area contributed by atoms with Gasteiger partial charge in [0.1, 0.15) is 12.4 Å². The first-order valence-electron chi connectivity index (χ1n) is 6.95. The van der Waals surface area contributed by atoms with Crippen molar-refractivity contribution in [2.75, 3.05) is 5.32 Å². The van der Waals surface area contributed by atoms with Gasteiger partial charge in [0.2, 0.25) is 5.91 Å². The summed E-state index contributed by atoms with van der Waals surface area (Å²) in [6, 6.07) is 11.5. The lowest BCUT2D eigenvalue weighted by Crippen LogP contribution is -2.13. The number of anilines is 1. The number of ether oxygens (including phenoxy) is 1. The van der Waals surface area contributed by atoms with Crippen LogP contribution in [0.2, 0.25) is 4.34 Å². The van der Waals surface area contributed by atoms with Crippen molar-refractivity contribution in [3.8, 4) is 17.0 Å². The molecule has 116 valence electrons. The van der Waals surface area contributed by atoms with E-state index in [-0.39, 0.29) is 5.91 Å². The van der Waals surface area contributed by atoms with Gasteiger partial charge in [0.05, 0.1) is 21.3 Å². The Hall–Kier alpha value is -1.89. The summed E-state index contributed by atoms with van der Waals surface area (Å²) in [6.07, 6.45) is 0.300. The molecular formula is C16H11ClN2O2S2. The monoisotopic (exact) mass is 362 g/mol. The molecule has 3 heterocycles. The Morgan fingerprint density at radius 3 is 2.96 bits per heavy atom. The number of amides is 1. The number of carbonyl (C=O) groups excluding carboxylic acids is 1. The highest BCUT2D eigenvalue weighted by molar-refractivity contribution is 7.16. The number of hydrogen-bond acceptors (Lipinski definition) is 5. The molecule has 0 saturated heterocycles. The lowest BCUT2D eigenvalue weighted by atomic mass is 10.1.